The van der Waals surface area contributed by atoms with Crippen LogP contribution in [0.5, 0.6) is 0 Å². The van der Waals surface area contributed by atoms with Crippen molar-refractivity contribution < 1.29 is 0 Å². The molecule has 12 rings (SSSR count). The van der Waals surface area contributed by atoms with E-state index in [0.717, 1.165) is 22.7 Å². The first-order chi connectivity index (χ1) is 22.7. The van der Waals surface area contributed by atoms with Crippen molar-refractivity contribution >= 4 is 67.0 Å². The summed E-state index contributed by atoms with van der Waals surface area (Å²) in [5, 5.41) is 2.53. The monoisotopic (exact) mass is 585 g/mol. The second-order valence-electron chi connectivity index (χ2n) is 13.0. The molecule has 0 amide bonds. The van der Waals surface area contributed by atoms with Crippen LogP contribution < -0.4 is 16.4 Å². The van der Waals surface area contributed by atoms with E-state index in [0.29, 0.717) is 0 Å². The zero-order valence-electron chi connectivity index (χ0n) is 25.2. The van der Waals surface area contributed by atoms with Gasteiger partial charge in [-0.2, -0.15) is 0 Å². The van der Waals surface area contributed by atoms with E-state index in [2.05, 4.69) is 137 Å². The topological polar surface area (TPSA) is 40.6 Å². The molecular weight excluding hydrogens is 561 g/mol. The summed E-state index contributed by atoms with van der Waals surface area (Å²) in [6.07, 6.45) is 0. The van der Waals surface area contributed by atoms with Crippen molar-refractivity contribution in [3.05, 3.63) is 121 Å². The van der Waals surface area contributed by atoms with Gasteiger partial charge < -0.3 is 4.57 Å². The molecule has 6 heteroatoms. The molecule has 0 spiro atoms. The van der Waals surface area contributed by atoms with Gasteiger partial charge in [0.1, 0.15) is 11.6 Å². The van der Waals surface area contributed by atoms with E-state index in [1.54, 1.807) is 0 Å². The van der Waals surface area contributed by atoms with E-state index >= 15 is 0 Å². The molecule has 0 bridgehead atoms. The fraction of sp³-hybridized carbons (Fsp3) is 0.0500. The van der Waals surface area contributed by atoms with Gasteiger partial charge in [-0.15, -0.1) is 0 Å². The standard InChI is InChI=1S/C40H24BN5/c1-21-42-30-17-15-25-27-19-29-24-11-6-7-12-32(24)46(23-9-4-3-5-10-23)35(29)20-28(27)26-16-18-31-40-37(26)41-36(25)39(30)44(21)33-13-8-14-34(38(33)41)45(40)22(2)43-31/h3-20H,1-2H3. The van der Waals surface area contributed by atoms with Gasteiger partial charge in [0, 0.05) is 27.8 Å². The Bertz CT molecular complexity index is 2890. The molecule has 9 aromatic rings. The van der Waals surface area contributed by atoms with E-state index in [-0.39, 0.29) is 6.71 Å². The smallest absolute Gasteiger partial charge is 0.253 e. The predicted octanol–water partition coefficient (Wildman–Crippen LogP) is 6.87. The molecule has 6 aromatic carbocycles. The Labute approximate surface area is 264 Å². The van der Waals surface area contributed by atoms with Crippen molar-refractivity contribution in [3.63, 3.8) is 0 Å². The minimum Gasteiger partial charge on any atom is -0.309 e. The van der Waals surface area contributed by atoms with Crippen LogP contribution in [0.15, 0.2) is 109 Å². The first kappa shape index (κ1) is 23.5. The lowest BCUT2D eigenvalue weighted by Gasteiger charge is -2.33. The van der Waals surface area contributed by atoms with Gasteiger partial charge >= 0.3 is 0 Å². The number of fused-ring (bicyclic) bond motifs is 8. The van der Waals surface area contributed by atoms with Crippen molar-refractivity contribution in [2.45, 2.75) is 13.8 Å². The summed E-state index contributed by atoms with van der Waals surface area (Å²) in [4.78, 5) is 10.2. The molecule has 0 radical (unpaired) electrons. The number of hydrogen-bond acceptors (Lipinski definition) is 2. The van der Waals surface area contributed by atoms with Gasteiger partial charge in [0.25, 0.3) is 6.71 Å². The van der Waals surface area contributed by atoms with E-state index in [1.165, 1.54) is 88.5 Å². The van der Waals surface area contributed by atoms with Crippen LogP contribution in [0, 0.1) is 13.8 Å². The van der Waals surface area contributed by atoms with Gasteiger partial charge in [-0.1, -0.05) is 54.6 Å². The van der Waals surface area contributed by atoms with E-state index < -0.39 is 0 Å². The normalized spacial score (nSPS) is 13.4. The van der Waals surface area contributed by atoms with Crippen molar-refractivity contribution in [2.24, 2.45) is 0 Å². The second kappa shape index (κ2) is 7.67. The molecule has 5 nitrogen and oxygen atoms in total. The van der Waals surface area contributed by atoms with Crippen LogP contribution in [0.2, 0.25) is 0 Å². The number of imidazole rings is 2. The third kappa shape index (κ3) is 2.49. The molecule has 3 aliphatic heterocycles. The summed E-state index contributed by atoms with van der Waals surface area (Å²) in [6.45, 7) is 4.36. The van der Waals surface area contributed by atoms with Gasteiger partial charge in [-0.25, -0.2) is 9.97 Å². The average Bonchev–Trinajstić information content (AvgIpc) is 3.70. The summed E-state index contributed by atoms with van der Waals surface area (Å²) < 4.78 is 7.25. The number of aryl methyl sites for hydroxylation is 2. The Kier molecular flexibility index (Phi) is 3.92. The molecule has 6 heterocycles. The van der Waals surface area contributed by atoms with Crippen LogP contribution in [0.4, 0.5) is 0 Å². The SMILES string of the molecule is Cc1nc2ccc3c4c2n1-c1cccc2c1B4c1c(ccc4nc(C)n-2c14)-c1cc2c(cc1-3)c1ccccc1n2-c1ccccc1. The van der Waals surface area contributed by atoms with Crippen molar-refractivity contribution in [3.8, 4) is 39.3 Å². The Hall–Kier alpha value is -5.88. The van der Waals surface area contributed by atoms with Crippen molar-refractivity contribution in [1.82, 2.24) is 23.7 Å². The maximum Gasteiger partial charge on any atom is 0.253 e. The summed E-state index contributed by atoms with van der Waals surface area (Å²) in [5.74, 6) is 2.04. The Morgan fingerprint density at radius 2 is 1.09 bits per heavy atom. The number of nitrogens with zero attached hydrogens (tertiary/aromatic N) is 5. The van der Waals surface area contributed by atoms with E-state index in [9.17, 15) is 0 Å². The number of rotatable bonds is 1. The highest BCUT2D eigenvalue weighted by atomic mass is 15.1. The first-order valence-corrected chi connectivity index (χ1v) is 16.0. The molecule has 0 atom stereocenters. The van der Waals surface area contributed by atoms with Crippen LogP contribution in [0.25, 0.3) is 83.2 Å². The molecule has 0 N–H and O–H groups in total. The third-order valence-electron chi connectivity index (χ3n) is 10.9. The highest BCUT2D eigenvalue weighted by Gasteiger charge is 2.45. The largest absolute Gasteiger partial charge is 0.309 e. The quantitative estimate of drug-likeness (QED) is 0.198. The second-order valence-corrected chi connectivity index (χ2v) is 13.0. The zero-order chi connectivity index (χ0) is 30.0. The molecule has 212 valence electrons. The highest BCUT2D eigenvalue weighted by molar-refractivity contribution is 7.02. The molecule has 0 saturated carbocycles. The zero-order valence-corrected chi connectivity index (χ0v) is 25.2. The minimum absolute atomic E-state index is 0.0792. The molecule has 46 heavy (non-hydrogen) atoms. The van der Waals surface area contributed by atoms with Gasteiger partial charge in [-0.05, 0) is 107 Å². The fourth-order valence-electron chi connectivity index (χ4n) is 9.24. The third-order valence-corrected chi connectivity index (χ3v) is 10.9. The number of para-hydroxylation sites is 2. The Balaban J connectivity index is 1.35. The predicted molar refractivity (Wildman–Crippen MR) is 189 cm³/mol. The molecule has 0 aliphatic carbocycles. The molecule has 3 aromatic heterocycles. The number of hydrogen-bond donors (Lipinski definition) is 0. The van der Waals surface area contributed by atoms with Crippen LogP contribution in [0.1, 0.15) is 11.6 Å². The first-order valence-electron chi connectivity index (χ1n) is 16.0. The Morgan fingerprint density at radius 1 is 0.478 bits per heavy atom. The minimum atomic E-state index is 0.0792. The lowest BCUT2D eigenvalue weighted by molar-refractivity contribution is 0.981. The van der Waals surface area contributed by atoms with Gasteiger partial charge in [0.05, 0.1) is 33.1 Å². The van der Waals surface area contributed by atoms with E-state index in [1.807, 2.05) is 0 Å². The number of benzene rings is 6. The summed E-state index contributed by atoms with van der Waals surface area (Å²) >= 11 is 0. The fourth-order valence-corrected chi connectivity index (χ4v) is 9.24. The van der Waals surface area contributed by atoms with Gasteiger partial charge in [0.15, 0.2) is 0 Å². The lowest BCUT2D eigenvalue weighted by Crippen LogP contribution is -2.60. The average molecular weight is 585 g/mol. The maximum absolute atomic E-state index is 5.13. The van der Waals surface area contributed by atoms with E-state index in [4.69, 9.17) is 9.97 Å². The van der Waals surface area contributed by atoms with Gasteiger partial charge in [0.2, 0.25) is 0 Å². The lowest BCUT2D eigenvalue weighted by atomic mass is 9.33. The summed E-state index contributed by atoms with van der Waals surface area (Å²) in [5.41, 5.74) is 19.8. The van der Waals surface area contributed by atoms with Crippen molar-refractivity contribution in [1.29, 1.82) is 0 Å². The van der Waals surface area contributed by atoms with Crippen molar-refractivity contribution in [2.75, 3.05) is 0 Å². The molecule has 0 saturated heterocycles. The maximum atomic E-state index is 5.13. The molecule has 0 fully saturated rings. The summed E-state index contributed by atoms with van der Waals surface area (Å²) in [7, 11) is 0. The molecular formula is C40H24BN5. The van der Waals surface area contributed by atoms with Crippen LogP contribution in [0.3, 0.4) is 0 Å². The highest BCUT2D eigenvalue weighted by Crippen LogP contribution is 2.45. The van der Waals surface area contributed by atoms with Crippen LogP contribution >= 0.6 is 0 Å². The summed E-state index contributed by atoms with van der Waals surface area (Å²) in [6, 6.07) is 40.4. The number of aromatic nitrogens is 5. The Morgan fingerprint density at radius 3 is 1.76 bits per heavy atom. The van der Waals surface area contributed by atoms with Crippen LogP contribution in [-0.4, -0.2) is 30.4 Å². The van der Waals surface area contributed by atoms with Crippen LogP contribution in [-0.2, 0) is 0 Å². The molecule has 0 unspecified atom stereocenters. The van der Waals surface area contributed by atoms with Gasteiger partial charge in [-0.3, -0.25) is 9.13 Å². The molecule has 3 aliphatic rings.